The maximum absolute atomic E-state index is 12.5. The normalized spacial score (nSPS) is 11.0. The van der Waals surface area contributed by atoms with Crippen molar-refractivity contribution in [3.8, 4) is 0 Å². The zero-order valence-corrected chi connectivity index (χ0v) is 16.7. The number of hydrogen-bond donors (Lipinski definition) is 2. The van der Waals surface area contributed by atoms with Gasteiger partial charge in [-0.25, -0.2) is 4.98 Å². The molecule has 3 rings (SSSR count). The molecule has 0 spiro atoms. The lowest BCUT2D eigenvalue weighted by Gasteiger charge is -2.12. The smallest absolute Gasteiger partial charge is 0.253 e. The Bertz CT molecular complexity index is 997. The Morgan fingerprint density at radius 1 is 1.07 bits per heavy atom. The lowest BCUT2D eigenvalue weighted by atomic mass is 10.2. The van der Waals surface area contributed by atoms with E-state index in [1.807, 2.05) is 42.7 Å². The molecule has 1 heterocycles. The molecule has 0 fully saturated rings. The van der Waals surface area contributed by atoms with E-state index >= 15 is 0 Å². The molecule has 2 N–H and O–H groups in total. The van der Waals surface area contributed by atoms with E-state index in [0.29, 0.717) is 28.9 Å². The van der Waals surface area contributed by atoms with Gasteiger partial charge in [0.15, 0.2) is 0 Å². The van der Waals surface area contributed by atoms with Crippen LogP contribution in [-0.4, -0.2) is 27.9 Å². The monoisotopic (exact) mass is 398 g/mol. The molecule has 0 bridgehead atoms. The van der Waals surface area contributed by atoms with Gasteiger partial charge in [0, 0.05) is 6.54 Å². The average Bonchev–Trinajstić information content (AvgIpc) is 3.02. The van der Waals surface area contributed by atoms with Gasteiger partial charge in [0.05, 0.1) is 28.2 Å². The molecular formula is C21H23ClN4O2. The number of carbonyl (C=O) groups is 2. The summed E-state index contributed by atoms with van der Waals surface area (Å²) in [7, 11) is 0. The number of halogens is 1. The van der Waals surface area contributed by atoms with Crippen molar-refractivity contribution in [2.45, 2.75) is 26.9 Å². The van der Waals surface area contributed by atoms with Crippen LogP contribution in [0.4, 0.5) is 0 Å². The number of nitrogens with zero attached hydrogens (tertiary/aromatic N) is 2. The molecule has 0 saturated carbocycles. The number of amides is 2. The number of carbonyl (C=O) groups excluding carboxylic acids is 2. The van der Waals surface area contributed by atoms with Gasteiger partial charge in [0.1, 0.15) is 12.4 Å². The lowest BCUT2D eigenvalue weighted by molar-refractivity contribution is -0.121. The molecular weight excluding hydrogens is 376 g/mol. The minimum atomic E-state index is -0.284. The van der Waals surface area contributed by atoms with Crippen LogP contribution in [0, 0.1) is 5.92 Å². The maximum atomic E-state index is 12.5. The Balaban J connectivity index is 1.79. The van der Waals surface area contributed by atoms with Gasteiger partial charge in [-0.15, -0.1) is 0 Å². The number of hydrogen-bond acceptors (Lipinski definition) is 3. The van der Waals surface area contributed by atoms with E-state index in [1.54, 1.807) is 24.3 Å². The lowest BCUT2D eigenvalue weighted by Crippen LogP contribution is -2.32. The summed E-state index contributed by atoms with van der Waals surface area (Å²) >= 11 is 6.09. The Morgan fingerprint density at radius 3 is 2.54 bits per heavy atom. The van der Waals surface area contributed by atoms with Gasteiger partial charge < -0.3 is 15.2 Å². The molecule has 0 aliphatic carbocycles. The standard InChI is InChI=1S/C21H23ClN4O2/c1-14(2)11-23-20(27)13-26-18-10-6-5-9-17(18)25-19(26)12-24-21(28)15-7-3-4-8-16(15)22/h3-10,14H,11-13H2,1-2H3,(H,23,27)(H,24,28). The molecule has 7 heteroatoms. The third kappa shape index (κ3) is 4.70. The molecule has 6 nitrogen and oxygen atoms in total. The van der Waals surface area contributed by atoms with E-state index in [4.69, 9.17) is 11.6 Å². The first-order chi connectivity index (χ1) is 13.5. The van der Waals surface area contributed by atoms with Gasteiger partial charge >= 0.3 is 0 Å². The van der Waals surface area contributed by atoms with Crippen LogP contribution in [0.2, 0.25) is 5.02 Å². The van der Waals surface area contributed by atoms with Crippen LogP contribution < -0.4 is 10.6 Å². The Hall–Kier alpha value is -2.86. The van der Waals surface area contributed by atoms with Crippen LogP contribution in [0.1, 0.15) is 30.0 Å². The van der Waals surface area contributed by atoms with E-state index in [-0.39, 0.29) is 24.9 Å². The fraction of sp³-hybridized carbons (Fsp3) is 0.286. The summed E-state index contributed by atoms with van der Waals surface area (Å²) in [4.78, 5) is 29.4. The molecule has 2 amide bonds. The minimum Gasteiger partial charge on any atom is -0.354 e. The second-order valence-electron chi connectivity index (χ2n) is 6.96. The van der Waals surface area contributed by atoms with Crippen molar-refractivity contribution in [2.75, 3.05) is 6.54 Å². The Morgan fingerprint density at radius 2 is 1.79 bits per heavy atom. The van der Waals surface area contributed by atoms with E-state index in [1.165, 1.54) is 0 Å². The number of fused-ring (bicyclic) bond motifs is 1. The largest absolute Gasteiger partial charge is 0.354 e. The Kier molecular flexibility index (Phi) is 6.31. The molecule has 3 aromatic rings. The predicted molar refractivity (Wildman–Crippen MR) is 110 cm³/mol. The van der Waals surface area contributed by atoms with Crippen molar-refractivity contribution < 1.29 is 9.59 Å². The molecule has 28 heavy (non-hydrogen) atoms. The van der Waals surface area contributed by atoms with Crippen LogP contribution in [0.5, 0.6) is 0 Å². The first-order valence-corrected chi connectivity index (χ1v) is 9.57. The van der Waals surface area contributed by atoms with Crippen LogP contribution in [0.15, 0.2) is 48.5 Å². The van der Waals surface area contributed by atoms with Crippen molar-refractivity contribution >= 4 is 34.4 Å². The zero-order valence-electron chi connectivity index (χ0n) is 15.9. The summed E-state index contributed by atoms with van der Waals surface area (Å²) in [5, 5.41) is 6.15. The van der Waals surface area contributed by atoms with Crippen LogP contribution in [0.3, 0.4) is 0 Å². The number of para-hydroxylation sites is 2. The quantitative estimate of drug-likeness (QED) is 0.640. The van der Waals surface area contributed by atoms with Gasteiger partial charge in [-0.3, -0.25) is 9.59 Å². The summed E-state index contributed by atoms with van der Waals surface area (Å²) in [5.41, 5.74) is 2.03. The molecule has 0 saturated heterocycles. The van der Waals surface area contributed by atoms with E-state index in [0.717, 1.165) is 11.0 Å². The summed E-state index contributed by atoms with van der Waals surface area (Å²) in [6.07, 6.45) is 0. The highest BCUT2D eigenvalue weighted by Crippen LogP contribution is 2.17. The summed E-state index contributed by atoms with van der Waals surface area (Å²) in [6, 6.07) is 14.5. The third-order valence-corrected chi connectivity index (χ3v) is 4.60. The van der Waals surface area contributed by atoms with Crippen LogP contribution in [0.25, 0.3) is 11.0 Å². The van der Waals surface area contributed by atoms with E-state index in [9.17, 15) is 9.59 Å². The molecule has 0 aliphatic rings. The summed E-state index contributed by atoms with van der Waals surface area (Å²) < 4.78 is 1.83. The SMILES string of the molecule is CC(C)CNC(=O)Cn1c(CNC(=O)c2ccccc2Cl)nc2ccccc21. The molecule has 146 valence electrons. The van der Waals surface area contributed by atoms with Gasteiger partial charge in [0.2, 0.25) is 5.91 Å². The van der Waals surface area contributed by atoms with Gasteiger partial charge in [-0.2, -0.15) is 0 Å². The van der Waals surface area contributed by atoms with E-state index < -0.39 is 0 Å². The van der Waals surface area contributed by atoms with Gasteiger partial charge in [-0.05, 0) is 30.2 Å². The number of nitrogens with one attached hydrogen (secondary N) is 2. The average molecular weight is 399 g/mol. The third-order valence-electron chi connectivity index (χ3n) is 4.27. The predicted octanol–water partition coefficient (Wildman–Crippen LogP) is 3.39. The highest BCUT2D eigenvalue weighted by molar-refractivity contribution is 6.33. The maximum Gasteiger partial charge on any atom is 0.253 e. The highest BCUT2D eigenvalue weighted by Gasteiger charge is 2.16. The summed E-state index contributed by atoms with van der Waals surface area (Å²) in [6.45, 7) is 5.04. The van der Waals surface area contributed by atoms with Crippen LogP contribution in [-0.2, 0) is 17.9 Å². The molecule has 0 radical (unpaired) electrons. The van der Waals surface area contributed by atoms with Crippen molar-refractivity contribution in [1.29, 1.82) is 0 Å². The molecule has 0 unspecified atom stereocenters. The van der Waals surface area contributed by atoms with Gasteiger partial charge in [0.25, 0.3) is 5.91 Å². The molecule has 0 aliphatic heterocycles. The number of aromatic nitrogens is 2. The summed E-state index contributed by atoms with van der Waals surface area (Å²) in [5.74, 6) is 0.614. The number of benzene rings is 2. The second kappa shape index (κ2) is 8.89. The number of rotatable bonds is 7. The Labute approximate surface area is 168 Å². The fourth-order valence-corrected chi connectivity index (χ4v) is 3.08. The molecule has 1 aromatic heterocycles. The first-order valence-electron chi connectivity index (χ1n) is 9.19. The van der Waals surface area contributed by atoms with Gasteiger partial charge in [-0.1, -0.05) is 49.7 Å². The van der Waals surface area contributed by atoms with Crippen molar-refractivity contribution in [3.63, 3.8) is 0 Å². The second-order valence-corrected chi connectivity index (χ2v) is 7.37. The van der Waals surface area contributed by atoms with Crippen molar-refractivity contribution in [2.24, 2.45) is 5.92 Å². The zero-order chi connectivity index (χ0) is 20.1. The molecule has 2 aromatic carbocycles. The first kappa shape index (κ1) is 19.9. The molecule has 0 atom stereocenters. The van der Waals surface area contributed by atoms with E-state index in [2.05, 4.69) is 15.6 Å². The fourth-order valence-electron chi connectivity index (χ4n) is 2.85. The number of imidazole rings is 1. The highest BCUT2D eigenvalue weighted by atomic mass is 35.5. The minimum absolute atomic E-state index is 0.0875. The topological polar surface area (TPSA) is 76.0 Å². The van der Waals surface area contributed by atoms with Crippen molar-refractivity contribution in [1.82, 2.24) is 20.2 Å². The van der Waals surface area contributed by atoms with Crippen LogP contribution >= 0.6 is 11.6 Å². The van der Waals surface area contributed by atoms with Crippen molar-refractivity contribution in [3.05, 3.63) is 64.9 Å².